The molecular formula is C26H24N2O4S. The monoisotopic (exact) mass is 460 g/mol. The number of hydrogen-bond donors (Lipinski definition) is 1. The Hall–Kier alpha value is -3.71. The molecule has 1 aromatic heterocycles. The molecule has 0 saturated heterocycles. The van der Waals surface area contributed by atoms with Crippen LogP contribution in [0.15, 0.2) is 78.9 Å². The highest BCUT2D eigenvalue weighted by Crippen LogP contribution is 2.27. The molecule has 1 unspecified atom stereocenters. The SMILES string of the molecule is CCOc1ccccc1NC(=O)C(OC(=O)CCc1nc2ccccc2s1)c1ccccc1. The maximum absolute atomic E-state index is 13.1. The van der Waals surface area contributed by atoms with Crippen molar-refractivity contribution in [1.29, 1.82) is 0 Å². The van der Waals surface area contributed by atoms with E-state index in [2.05, 4.69) is 10.3 Å². The average Bonchev–Trinajstić information content (AvgIpc) is 3.26. The molecule has 0 spiro atoms. The molecule has 168 valence electrons. The number of hydrogen-bond acceptors (Lipinski definition) is 6. The lowest BCUT2D eigenvalue weighted by molar-refractivity contribution is -0.154. The number of aryl methyl sites for hydroxylation is 1. The highest BCUT2D eigenvalue weighted by Gasteiger charge is 2.26. The largest absolute Gasteiger partial charge is 0.492 e. The van der Waals surface area contributed by atoms with Crippen LogP contribution in [0, 0.1) is 0 Å². The fourth-order valence-electron chi connectivity index (χ4n) is 3.38. The van der Waals surface area contributed by atoms with Gasteiger partial charge in [0, 0.05) is 12.0 Å². The Morgan fingerprint density at radius 3 is 2.48 bits per heavy atom. The zero-order valence-electron chi connectivity index (χ0n) is 18.2. The van der Waals surface area contributed by atoms with E-state index in [1.165, 1.54) is 0 Å². The molecule has 0 saturated carbocycles. The van der Waals surface area contributed by atoms with E-state index in [9.17, 15) is 9.59 Å². The van der Waals surface area contributed by atoms with E-state index in [4.69, 9.17) is 9.47 Å². The lowest BCUT2D eigenvalue weighted by Crippen LogP contribution is -2.26. The summed E-state index contributed by atoms with van der Waals surface area (Å²) in [6, 6.07) is 24.0. The van der Waals surface area contributed by atoms with Crippen LogP contribution in [-0.4, -0.2) is 23.5 Å². The van der Waals surface area contributed by atoms with Crippen molar-refractivity contribution >= 4 is 39.1 Å². The Bertz CT molecular complexity index is 1210. The second-order valence-electron chi connectivity index (χ2n) is 7.27. The van der Waals surface area contributed by atoms with Gasteiger partial charge in [-0.2, -0.15) is 0 Å². The van der Waals surface area contributed by atoms with Gasteiger partial charge in [0.15, 0.2) is 0 Å². The fourth-order valence-corrected chi connectivity index (χ4v) is 4.34. The number of aromatic nitrogens is 1. The Labute approximate surface area is 196 Å². The second kappa shape index (κ2) is 10.7. The summed E-state index contributed by atoms with van der Waals surface area (Å²) < 4.78 is 12.3. The summed E-state index contributed by atoms with van der Waals surface area (Å²) in [6.45, 7) is 2.34. The maximum atomic E-state index is 13.1. The number of para-hydroxylation sites is 3. The summed E-state index contributed by atoms with van der Waals surface area (Å²) in [6.07, 6.45) is -0.496. The lowest BCUT2D eigenvalue weighted by atomic mass is 10.1. The van der Waals surface area contributed by atoms with Crippen molar-refractivity contribution in [3.63, 3.8) is 0 Å². The maximum Gasteiger partial charge on any atom is 0.307 e. The number of carbonyl (C=O) groups excluding carboxylic acids is 2. The van der Waals surface area contributed by atoms with Gasteiger partial charge >= 0.3 is 5.97 Å². The Kier molecular flexibility index (Phi) is 7.32. The van der Waals surface area contributed by atoms with Gasteiger partial charge in [0.2, 0.25) is 6.10 Å². The van der Waals surface area contributed by atoms with Crippen molar-refractivity contribution in [2.75, 3.05) is 11.9 Å². The van der Waals surface area contributed by atoms with Gasteiger partial charge in [0.1, 0.15) is 5.75 Å². The van der Waals surface area contributed by atoms with Gasteiger partial charge in [-0.1, -0.05) is 54.6 Å². The van der Waals surface area contributed by atoms with Crippen LogP contribution >= 0.6 is 11.3 Å². The molecule has 1 heterocycles. The van der Waals surface area contributed by atoms with Crippen molar-refractivity contribution in [3.8, 4) is 5.75 Å². The van der Waals surface area contributed by atoms with Crippen molar-refractivity contribution < 1.29 is 19.1 Å². The number of carbonyl (C=O) groups is 2. The Balaban J connectivity index is 1.46. The number of rotatable bonds is 9. The normalized spacial score (nSPS) is 11.7. The predicted molar refractivity (Wildman–Crippen MR) is 129 cm³/mol. The minimum absolute atomic E-state index is 0.131. The average molecular weight is 461 g/mol. The van der Waals surface area contributed by atoms with E-state index >= 15 is 0 Å². The molecular weight excluding hydrogens is 436 g/mol. The molecule has 0 radical (unpaired) electrons. The Morgan fingerprint density at radius 1 is 0.970 bits per heavy atom. The van der Waals surface area contributed by atoms with Crippen molar-refractivity contribution in [2.24, 2.45) is 0 Å². The first-order chi connectivity index (χ1) is 16.1. The third-order valence-corrected chi connectivity index (χ3v) is 6.01. The molecule has 1 amide bonds. The number of benzene rings is 3. The number of nitrogens with zero attached hydrogens (tertiary/aromatic N) is 1. The van der Waals surface area contributed by atoms with Crippen LogP contribution in [-0.2, 0) is 20.7 Å². The molecule has 1 atom stereocenters. The molecule has 33 heavy (non-hydrogen) atoms. The number of fused-ring (bicyclic) bond motifs is 1. The molecule has 4 rings (SSSR count). The van der Waals surface area contributed by atoms with Crippen LogP contribution in [0.4, 0.5) is 5.69 Å². The van der Waals surface area contributed by atoms with Crippen LogP contribution in [0.5, 0.6) is 5.75 Å². The van der Waals surface area contributed by atoms with Crippen LogP contribution in [0.1, 0.15) is 30.0 Å². The minimum atomic E-state index is -1.08. The molecule has 4 aromatic rings. The van der Waals surface area contributed by atoms with Crippen LogP contribution < -0.4 is 10.1 Å². The van der Waals surface area contributed by atoms with Gasteiger partial charge < -0.3 is 14.8 Å². The van der Waals surface area contributed by atoms with Crippen LogP contribution in [0.2, 0.25) is 0 Å². The topological polar surface area (TPSA) is 77.5 Å². The van der Waals surface area contributed by atoms with E-state index < -0.39 is 18.0 Å². The van der Waals surface area contributed by atoms with E-state index in [-0.39, 0.29) is 6.42 Å². The van der Waals surface area contributed by atoms with E-state index in [1.807, 2.05) is 43.3 Å². The predicted octanol–water partition coefficient (Wildman–Crippen LogP) is 5.55. The van der Waals surface area contributed by atoms with E-state index in [0.717, 1.165) is 15.2 Å². The third-order valence-electron chi connectivity index (χ3n) is 4.92. The molecule has 0 aliphatic heterocycles. The summed E-state index contributed by atoms with van der Waals surface area (Å²) in [5.41, 5.74) is 2.04. The van der Waals surface area contributed by atoms with Gasteiger partial charge in [-0.15, -0.1) is 11.3 Å². The summed E-state index contributed by atoms with van der Waals surface area (Å²) in [5.74, 6) is -0.347. The number of ether oxygens (including phenoxy) is 2. The quantitative estimate of drug-likeness (QED) is 0.331. The number of esters is 1. The van der Waals surface area contributed by atoms with Gasteiger partial charge in [-0.3, -0.25) is 9.59 Å². The van der Waals surface area contributed by atoms with Crippen LogP contribution in [0.25, 0.3) is 10.2 Å². The second-order valence-corrected chi connectivity index (χ2v) is 8.39. The molecule has 7 heteroatoms. The highest BCUT2D eigenvalue weighted by molar-refractivity contribution is 7.18. The number of thiazole rings is 1. The van der Waals surface area contributed by atoms with E-state index in [0.29, 0.717) is 30.0 Å². The highest BCUT2D eigenvalue weighted by atomic mass is 32.1. The molecule has 0 aliphatic carbocycles. The Morgan fingerprint density at radius 2 is 1.70 bits per heavy atom. The fraction of sp³-hybridized carbons (Fsp3) is 0.192. The summed E-state index contributed by atoms with van der Waals surface area (Å²) in [4.78, 5) is 30.4. The lowest BCUT2D eigenvalue weighted by Gasteiger charge is -2.19. The number of amides is 1. The molecule has 0 fully saturated rings. The van der Waals surface area contributed by atoms with E-state index in [1.54, 1.807) is 53.8 Å². The molecule has 1 N–H and O–H groups in total. The number of anilines is 1. The molecule has 0 aliphatic rings. The zero-order valence-corrected chi connectivity index (χ0v) is 19.0. The summed E-state index contributed by atoms with van der Waals surface area (Å²) >= 11 is 1.56. The first-order valence-corrected chi connectivity index (χ1v) is 11.6. The van der Waals surface area contributed by atoms with Gasteiger partial charge in [0.05, 0.1) is 33.9 Å². The first-order valence-electron chi connectivity index (χ1n) is 10.8. The van der Waals surface area contributed by atoms with Crippen molar-refractivity contribution in [3.05, 3.63) is 89.4 Å². The van der Waals surface area contributed by atoms with Gasteiger partial charge in [0.25, 0.3) is 5.91 Å². The molecule has 6 nitrogen and oxygen atoms in total. The van der Waals surface area contributed by atoms with Gasteiger partial charge in [-0.05, 0) is 31.2 Å². The smallest absolute Gasteiger partial charge is 0.307 e. The molecule has 3 aromatic carbocycles. The van der Waals surface area contributed by atoms with Crippen molar-refractivity contribution in [2.45, 2.75) is 25.9 Å². The van der Waals surface area contributed by atoms with Crippen molar-refractivity contribution in [1.82, 2.24) is 4.98 Å². The minimum Gasteiger partial charge on any atom is -0.492 e. The van der Waals surface area contributed by atoms with Crippen LogP contribution in [0.3, 0.4) is 0 Å². The van der Waals surface area contributed by atoms with Gasteiger partial charge in [-0.25, -0.2) is 4.98 Å². The zero-order chi connectivity index (χ0) is 23.0. The molecule has 0 bridgehead atoms. The first kappa shape index (κ1) is 22.5. The summed E-state index contributed by atoms with van der Waals surface area (Å²) in [7, 11) is 0. The number of nitrogens with one attached hydrogen (secondary N) is 1. The third kappa shape index (κ3) is 5.75. The standard InChI is InChI=1S/C26H24N2O4S/c1-2-31-21-14-8-6-12-19(21)28-26(30)25(18-10-4-3-5-11-18)32-24(29)17-16-23-27-20-13-7-9-15-22(20)33-23/h3-15,25H,2,16-17H2,1H3,(H,28,30). The summed E-state index contributed by atoms with van der Waals surface area (Å²) in [5, 5.41) is 3.70.